The van der Waals surface area contributed by atoms with E-state index in [1.807, 2.05) is 37.3 Å². The van der Waals surface area contributed by atoms with E-state index in [2.05, 4.69) is 12.2 Å². The molecule has 138 valence electrons. The standard InChI is InChI=1S/C21H25NO4/c1-3-7-16(2)22-20(23)15-26-21(24)18-10-12-19(13-11-18)25-14-17-8-5-4-6-9-17/h4-6,8-13,16H,3,7,14-15H2,1-2H3,(H,22,23)/t16-/m0/s1. The number of carbonyl (C=O) groups excluding carboxylic acids is 2. The summed E-state index contributed by atoms with van der Waals surface area (Å²) in [4.78, 5) is 23.7. The fourth-order valence-electron chi connectivity index (χ4n) is 2.46. The van der Waals surface area contributed by atoms with Crippen molar-refractivity contribution >= 4 is 11.9 Å². The van der Waals surface area contributed by atoms with Gasteiger partial charge in [0, 0.05) is 6.04 Å². The average molecular weight is 355 g/mol. The van der Waals surface area contributed by atoms with E-state index in [1.165, 1.54) is 0 Å². The molecule has 5 nitrogen and oxygen atoms in total. The average Bonchev–Trinajstić information content (AvgIpc) is 2.66. The van der Waals surface area contributed by atoms with Gasteiger partial charge in [-0.3, -0.25) is 4.79 Å². The summed E-state index contributed by atoms with van der Waals surface area (Å²) < 4.78 is 10.7. The Balaban J connectivity index is 1.78. The van der Waals surface area contributed by atoms with Crippen LogP contribution in [0.15, 0.2) is 54.6 Å². The molecule has 0 radical (unpaired) electrons. The second-order valence-electron chi connectivity index (χ2n) is 6.13. The van der Waals surface area contributed by atoms with Crippen molar-refractivity contribution in [3.63, 3.8) is 0 Å². The summed E-state index contributed by atoms with van der Waals surface area (Å²) in [6.45, 7) is 4.16. The van der Waals surface area contributed by atoms with E-state index in [4.69, 9.17) is 9.47 Å². The van der Waals surface area contributed by atoms with Crippen LogP contribution in [0.1, 0.15) is 42.6 Å². The van der Waals surface area contributed by atoms with E-state index in [1.54, 1.807) is 24.3 Å². The molecule has 0 saturated carbocycles. The smallest absolute Gasteiger partial charge is 0.338 e. The minimum atomic E-state index is -0.530. The zero-order chi connectivity index (χ0) is 18.8. The molecule has 2 aromatic rings. The molecule has 1 N–H and O–H groups in total. The van der Waals surface area contributed by atoms with Crippen LogP contribution in [0.3, 0.4) is 0 Å². The van der Waals surface area contributed by atoms with Crippen molar-refractivity contribution in [2.75, 3.05) is 6.61 Å². The lowest BCUT2D eigenvalue weighted by molar-refractivity contribution is -0.124. The molecule has 0 spiro atoms. The number of esters is 1. The van der Waals surface area contributed by atoms with Gasteiger partial charge in [-0.2, -0.15) is 0 Å². The van der Waals surface area contributed by atoms with Gasteiger partial charge in [0.05, 0.1) is 5.56 Å². The van der Waals surface area contributed by atoms with E-state index in [-0.39, 0.29) is 18.6 Å². The highest BCUT2D eigenvalue weighted by Gasteiger charge is 2.12. The number of hydrogen-bond acceptors (Lipinski definition) is 4. The summed E-state index contributed by atoms with van der Waals surface area (Å²) in [5.74, 6) is -0.156. The summed E-state index contributed by atoms with van der Waals surface area (Å²) >= 11 is 0. The highest BCUT2D eigenvalue weighted by Crippen LogP contribution is 2.15. The van der Waals surface area contributed by atoms with Crippen molar-refractivity contribution in [3.05, 3.63) is 65.7 Å². The third-order valence-corrected chi connectivity index (χ3v) is 3.80. The van der Waals surface area contributed by atoms with Gasteiger partial charge in [-0.25, -0.2) is 4.79 Å². The first-order valence-corrected chi connectivity index (χ1v) is 8.81. The molecule has 2 rings (SSSR count). The number of amides is 1. The molecule has 0 aromatic heterocycles. The van der Waals surface area contributed by atoms with Crippen LogP contribution in [0, 0.1) is 0 Å². The SMILES string of the molecule is CCC[C@H](C)NC(=O)COC(=O)c1ccc(OCc2ccccc2)cc1. The van der Waals surface area contributed by atoms with Gasteiger partial charge in [-0.15, -0.1) is 0 Å². The minimum absolute atomic E-state index is 0.0762. The number of hydrogen-bond donors (Lipinski definition) is 1. The minimum Gasteiger partial charge on any atom is -0.489 e. The van der Waals surface area contributed by atoms with Gasteiger partial charge in [0.25, 0.3) is 5.91 Å². The first kappa shape index (κ1) is 19.5. The Labute approximate surface area is 154 Å². The summed E-state index contributed by atoms with van der Waals surface area (Å²) in [7, 11) is 0. The van der Waals surface area contributed by atoms with Crippen LogP contribution in [0.2, 0.25) is 0 Å². The largest absolute Gasteiger partial charge is 0.489 e. The highest BCUT2D eigenvalue weighted by molar-refractivity contribution is 5.91. The van der Waals surface area contributed by atoms with Gasteiger partial charge in [0.15, 0.2) is 6.61 Å². The molecular formula is C21H25NO4. The van der Waals surface area contributed by atoms with E-state index in [0.717, 1.165) is 18.4 Å². The van der Waals surface area contributed by atoms with Crippen LogP contribution in [0.4, 0.5) is 0 Å². The molecule has 2 aromatic carbocycles. The Hall–Kier alpha value is -2.82. The van der Waals surface area contributed by atoms with Gasteiger partial charge < -0.3 is 14.8 Å². The topological polar surface area (TPSA) is 64.6 Å². The van der Waals surface area contributed by atoms with Crippen molar-refractivity contribution in [3.8, 4) is 5.75 Å². The molecule has 0 saturated heterocycles. The van der Waals surface area contributed by atoms with Crippen molar-refractivity contribution in [1.82, 2.24) is 5.32 Å². The predicted molar refractivity (Wildman–Crippen MR) is 100 cm³/mol. The van der Waals surface area contributed by atoms with E-state index in [9.17, 15) is 9.59 Å². The van der Waals surface area contributed by atoms with Gasteiger partial charge in [0.2, 0.25) is 0 Å². The monoisotopic (exact) mass is 355 g/mol. The number of benzene rings is 2. The van der Waals surface area contributed by atoms with E-state index < -0.39 is 5.97 Å². The molecular weight excluding hydrogens is 330 g/mol. The van der Waals surface area contributed by atoms with Crippen molar-refractivity contribution in [1.29, 1.82) is 0 Å². The first-order valence-electron chi connectivity index (χ1n) is 8.81. The third-order valence-electron chi connectivity index (χ3n) is 3.80. The molecule has 1 atom stereocenters. The fraction of sp³-hybridized carbons (Fsp3) is 0.333. The van der Waals surface area contributed by atoms with E-state index in [0.29, 0.717) is 17.9 Å². The van der Waals surface area contributed by atoms with Gasteiger partial charge in [0.1, 0.15) is 12.4 Å². The first-order chi connectivity index (χ1) is 12.6. The lowest BCUT2D eigenvalue weighted by Gasteiger charge is -2.12. The summed E-state index contributed by atoms with van der Waals surface area (Å²) in [6.07, 6.45) is 1.88. The lowest BCUT2D eigenvalue weighted by atomic mass is 10.2. The molecule has 0 bridgehead atoms. The molecule has 0 aliphatic heterocycles. The zero-order valence-corrected chi connectivity index (χ0v) is 15.2. The lowest BCUT2D eigenvalue weighted by Crippen LogP contribution is -2.35. The van der Waals surface area contributed by atoms with Gasteiger partial charge in [-0.05, 0) is 43.2 Å². The van der Waals surface area contributed by atoms with Crippen LogP contribution in [0.5, 0.6) is 5.75 Å². The fourth-order valence-corrected chi connectivity index (χ4v) is 2.46. The van der Waals surface area contributed by atoms with Crippen LogP contribution < -0.4 is 10.1 Å². The molecule has 0 aliphatic rings. The Morgan fingerprint density at radius 2 is 1.73 bits per heavy atom. The summed E-state index contributed by atoms with van der Waals surface area (Å²) in [6, 6.07) is 16.6. The van der Waals surface area contributed by atoms with Crippen LogP contribution >= 0.6 is 0 Å². The molecule has 0 unspecified atom stereocenters. The quantitative estimate of drug-likeness (QED) is 0.696. The van der Waals surface area contributed by atoms with Crippen molar-refractivity contribution in [2.24, 2.45) is 0 Å². The van der Waals surface area contributed by atoms with Crippen LogP contribution in [0.25, 0.3) is 0 Å². The molecule has 26 heavy (non-hydrogen) atoms. The van der Waals surface area contributed by atoms with Crippen molar-refractivity contribution in [2.45, 2.75) is 39.3 Å². The Morgan fingerprint density at radius 3 is 2.38 bits per heavy atom. The molecule has 0 fully saturated rings. The molecule has 0 heterocycles. The van der Waals surface area contributed by atoms with Crippen LogP contribution in [-0.2, 0) is 16.1 Å². The number of nitrogens with one attached hydrogen (secondary N) is 1. The van der Waals surface area contributed by atoms with Gasteiger partial charge >= 0.3 is 5.97 Å². The third kappa shape index (κ3) is 6.59. The maximum Gasteiger partial charge on any atom is 0.338 e. The molecule has 5 heteroatoms. The second kappa shape index (κ2) is 10.2. The number of ether oxygens (including phenoxy) is 2. The summed E-state index contributed by atoms with van der Waals surface area (Å²) in [5, 5.41) is 2.79. The Morgan fingerprint density at radius 1 is 1.04 bits per heavy atom. The summed E-state index contributed by atoms with van der Waals surface area (Å²) in [5.41, 5.74) is 1.45. The predicted octanol–water partition coefficient (Wildman–Crippen LogP) is 3.73. The maximum atomic E-state index is 12.0. The molecule has 0 aliphatic carbocycles. The Bertz CT molecular complexity index is 698. The Kier molecular flexibility index (Phi) is 7.68. The maximum absolute atomic E-state index is 12.0. The number of carbonyl (C=O) groups is 2. The normalized spacial score (nSPS) is 11.5. The van der Waals surface area contributed by atoms with Crippen LogP contribution in [-0.4, -0.2) is 24.5 Å². The number of rotatable bonds is 9. The second-order valence-corrected chi connectivity index (χ2v) is 6.13. The van der Waals surface area contributed by atoms with Gasteiger partial charge in [-0.1, -0.05) is 43.7 Å². The van der Waals surface area contributed by atoms with E-state index >= 15 is 0 Å². The van der Waals surface area contributed by atoms with Crippen molar-refractivity contribution < 1.29 is 19.1 Å². The zero-order valence-electron chi connectivity index (χ0n) is 15.2. The molecule has 1 amide bonds. The highest BCUT2D eigenvalue weighted by atomic mass is 16.5.